The highest BCUT2D eigenvalue weighted by Crippen LogP contribution is 2.15. The highest BCUT2D eigenvalue weighted by atomic mass is 32.1. The summed E-state index contributed by atoms with van der Waals surface area (Å²) in [7, 11) is 0. The van der Waals surface area contributed by atoms with E-state index in [1.807, 2.05) is 49.6 Å². The number of aromatic nitrogens is 1. The van der Waals surface area contributed by atoms with E-state index in [9.17, 15) is 14.4 Å². The van der Waals surface area contributed by atoms with Crippen molar-refractivity contribution in [2.75, 3.05) is 6.61 Å². The number of thiazole rings is 1. The molecule has 0 saturated heterocycles. The second kappa shape index (κ2) is 10.4. The number of nitrogens with one attached hydrogen (secondary N) is 1. The van der Waals surface area contributed by atoms with Gasteiger partial charge in [-0.25, -0.2) is 4.79 Å². The van der Waals surface area contributed by atoms with Crippen molar-refractivity contribution < 1.29 is 14.3 Å². The number of carbonyl (C=O) groups excluding carboxylic acids is 2. The van der Waals surface area contributed by atoms with E-state index >= 15 is 0 Å². The Hall–Kier alpha value is -2.97. The van der Waals surface area contributed by atoms with Crippen LogP contribution in [-0.4, -0.2) is 23.1 Å². The molecule has 0 saturated carbocycles. The molecule has 0 unspecified atom stereocenters. The molecule has 31 heavy (non-hydrogen) atoms. The van der Waals surface area contributed by atoms with Gasteiger partial charge in [0.15, 0.2) is 0 Å². The van der Waals surface area contributed by atoms with Crippen molar-refractivity contribution in [3.8, 4) is 0 Å². The first kappa shape index (κ1) is 22.7. The van der Waals surface area contributed by atoms with Crippen LogP contribution in [0.2, 0.25) is 0 Å². The molecular weight excluding hydrogens is 432 g/mol. The normalized spacial score (nSPS) is 12.2. The Bertz CT molecular complexity index is 1250. The first-order valence-corrected chi connectivity index (χ1v) is 11.5. The molecule has 6 nitrogen and oxygen atoms in total. The number of rotatable bonds is 7. The minimum Gasteiger partial charge on any atom is -0.463 e. The molecule has 0 aliphatic carbocycles. The lowest BCUT2D eigenvalue weighted by Crippen LogP contribution is -2.38. The van der Waals surface area contributed by atoms with Crippen molar-refractivity contribution in [2.45, 2.75) is 33.9 Å². The molecule has 1 N–H and O–H groups in total. The second-order valence-electron chi connectivity index (χ2n) is 6.97. The van der Waals surface area contributed by atoms with Crippen LogP contribution < -0.4 is 20.1 Å². The maximum atomic E-state index is 13.0. The van der Waals surface area contributed by atoms with Crippen LogP contribution in [0.15, 0.2) is 40.5 Å². The predicted molar refractivity (Wildman–Crippen MR) is 125 cm³/mol. The number of carbonyl (C=O) groups is 2. The fourth-order valence-corrected chi connectivity index (χ4v) is 4.78. The lowest BCUT2D eigenvalue weighted by molar-refractivity contribution is -0.135. The summed E-state index contributed by atoms with van der Waals surface area (Å²) in [4.78, 5) is 38.5. The molecule has 0 bridgehead atoms. The molecule has 0 atom stereocenters. The third kappa shape index (κ3) is 6.02. The van der Waals surface area contributed by atoms with Crippen LogP contribution in [0.5, 0.6) is 0 Å². The van der Waals surface area contributed by atoms with Crippen LogP contribution in [0.3, 0.4) is 0 Å². The number of ether oxygens (including phenoxy) is 1. The Labute approximate surface area is 188 Å². The third-order valence-electron chi connectivity index (χ3n) is 4.54. The van der Waals surface area contributed by atoms with Gasteiger partial charge in [-0.15, -0.1) is 22.7 Å². The number of hydrogen-bond donors (Lipinski definition) is 1. The summed E-state index contributed by atoms with van der Waals surface area (Å²) in [6.45, 7) is 6.10. The summed E-state index contributed by atoms with van der Waals surface area (Å²) >= 11 is 2.70. The van der Waals surface area contributed by atoms with Gasteiger partial charge in [-0.05, 0) is 49.4 Å². The van der Waals surface area contributed by atoms with E-state index in [1.165, 1.54) is 33.3 Å². The molecule has 0 aliphatic heterocycles. The summed E-state index contributed by atoms with van der Waals surface area (Å²) in [5.41, 5.74) is 2.87. The smallest absolute Gasteiger partial charge is 0.333 e. The molecule has 0 radical (unpaired) electrons. The van der Waals surface area contributed by atoms with Crippen molar-refractivity contribution in [1.29, 1.82) is 0 Å². The molecule has 0 fully saturated rings. The van der Waals surface area contributed by atoms with Gasteiger partial charge in [-0.2, -0.15) is 0 Å². The molecule has 0 spiro atoms. The summed E-state index contributed by atoms with van der Waals surface area (Å²) in [6, 6.07) is 9.83. The predicted octanol–water partition coefficient (Wildman–Crippen LogP) is 2.08. The maximum Gasteiger partial charge on any atom is 0.333 e. The molecular formula is C23H24N2O4S2. The lowest BCUT2D eigenvalue weighted by Gasteiger charge is -2.06. The van der Waals surface area contributed by atoms with Crippen LogP contribution in [0.25, 0.3) is 12.2 Å². The van der Waals surface area contributed by atoms with E-state index in [4.69, 9.17) is 4.74 Å². The fourth-order valence-electron chi connectivity index (χ4n) is 2.84. The average molecular weight is 457 g/mol. The van der Waals surface area contributed by atoms with Crippen molar-refractivity contribution in [2.24, 2.45) is 0 Å². The van der Waals surface area contributed by atoms with Crippen molar-refractivity contribution >= 4 is 46.7 Å². The molecule has 2 heterocycles. The first-order valence-electron chi connectivity index (χ1n) is 9.83. The Kier molecular flexibility index (Phi) is 7.59. The van der Waals surface area contributed by atoms with E-state index in [0.29, 0.717) is 15.7 Å². The highest BCUT2D eigenvalue weighted by molar-refractivity contribution is 7.11. The van der Waals surface area contributed by atoms with E-state index < -0.39 is 5.97 Å². The topological polar surface area (TPSA) is 77.4 Å². The van der Waals surface area contributed by atoms with E-state index in [-0.39, 0.29) is 24.6 Å². The minimum absolute atomic E-state index is 0.177. The van der Waals surface area contributed by atoms with Crippen molar-refractivity contribution in [1.82, 2.24) is 9.88 Å². The van der Waals surface area contributed by atoms with Crippen LogP contribution in [-0.2, 0) is 27.4 Å². The minimum atomic E-state index is -0.545. The van der Waals surface area contributed by atoms with Gasteiger partial charge in [-0.1, -0.05) is 29.8 Å². The number of esters is 1. The Morgan fingerprint density at radius 2 is 1.90 bits per heavy atom. The number of amides is 1. The van der Waals surface area contributed by atoms with E-state index in [0.717, 1.165) is 21.6 Å². The monoisotopic (exact) mass is 456 g/mol. The number of aryl methyl sites for hydroxylation is 2. The van der Waals surface area contributed by atoms with Crippen molar-refractivity contribution in [3.63, 3.8) is 0 Å². The van der Waals surface area contributed by atoms with Gasteiger partial charge in [0, 0.05) is 11.4 Å². The summed E-state index contributed by atoms with van der Waals surface area (Å²) in [5, 5.41) is 4.79. The number of nitrogens with zero attached hydrogens (tertiary/aromatic N) is 1. The largest absolute Gasteiger partial charge is 0.463 e. The quantitative estimate of drug-likeness (QED) is 0.552. The SMILES string of the molecule is CCOC(=O)C=c1sc(=Cc2sccc2C)c(=O)n1CC(=O)NCc1ccc(C)cc1. The van der Waals surface area contributed by atoms with E-state index in [1.54, 1.807) is 13.0 Å². The van der Waals surface area contributed by atoms with Gasteiger partial charge >= 0.3 is 5.97 Å². The standard InChI is InChI=1S/C23H24N2O4S2/c1-4-29-22(27)12-21-25(14-20(26)24-13-17-7-5-15(2)6-8-17)23(28)19(31-21)11-18-16(3)9-10-30-18/h5-12H,4,13-14H2,1-3H3,(H,24,26). The number of benzene rings is 1. The molecule has 8 heteroatoms. The summed E-state index contributed by atoms with van der Waals surface area (Å²) in [6.07, 6.45) is 3.07. The highest BCUT2D eigenvalue weighted by Gasteiger charge is 2.11. The molecule has 1 amide bonds. The lowest BCUT2D eigenvalue weighted by atomic mass is 10.1. The van der Waals surface area contributed by atoms with E-state index in [2.05, 4.69) is 5.32 Å². The number of hydrogen-bond acceptors (Lipinski definition) is 6. The van der Waals surface area contributed by atoms with Crippen molar-refractivity contribution in [3.05, 3.63) is 76.8 Å². The maximum absolute atomic E-state index is 13.0. The molecule has 0 aliphatic rings. The fraction of sp³-hybridized carbons (Fsp3) is 0.261. The summed E-state index contributed by atoms with van der Waals surface area (Å²) in [5.74, 6) is -0.853. The second-order valence-corrected chi connectivity index (χ2v) is 8.98. The number of thiophene rings is 1. The van der Waals surface area contributed by atoms with Gasteiger partial charge in [0.1, 0.15) is 11.2 Å². The van der Waals surface area contributed by atoms with Crippen LogP contribution in [0, 0.1) is 13.8 Å². The molecule has 3 rings (SSSR count). The van der Waals surface area contributed by atoms with Crippen LogP contribution in [0.4, 0.5) is 0 Å². The van der Waals surface area contributed by atoms with Gasteiger partial charge in [0.2, 0.25) is 5.91 Å². The zero-order valence-electron chi connectivity index (χ0n) is 17.6. The average Bonchev–Trinajstić information content (AvgIpc) is 3.26. The first-order chi connectivity index (χ1) is 14.9. The molecule has 2 aromatic heterocycles. The Balaban J connectivity index is 1.90. The zero-order chi connectivity index (χ0) is 22.4. The Morgan fingerprint density at radius 1 is 1.16 bits per heavy atom. The molecule has 3 aromatic rings. The van der Waals surface area contributed by atoms with Gasteiger partial charge in [-0.3, -0.25) is 14.2 Å². The van der Waals surface area contributed by atoms with Crippen LogP contribution >= 0.6 is 22.7 Å². The summed E-state index contributed by atoms with van der Waals surface area (Å²) < 4.78 is 7.15. The van der Waals surface area contributed by atoms with Gasteiger partial charge in [0.25, 0.3) is 5.56 Å². The molecule has 162 valence electrons. The third-order valence-corrected chi connectivity index (χ3v) is 6.57. The molecule has 1 aromatic carbocycles. The van der Waals surface area contributed by atoms with Gasteiger partial charge < -0.3 is 10.1 Å². The zero-order valence-corrected chi connectivity index (χ0v) is 19.3. The Morgan fingerprint density at radius 3 is 2.55 bits per heavy atom. The van der Waals surface area contributed by atoms with Crippen LogP contribution in [0.1, 0.15) is 28.5 Å². The van der Waals surface area contributed by atoms with Gasteiger partial charge in [0.05, 0.1) is 17.2 Å².